The summed E-state index contributed by atoms with van der Waals surface area (Å²) in [4.78, 5) is 4.91. The highest BCUT2D eigenvalue weighted by Crippen LogP contribution is 2.24. The van der Waals surface area contributed by atoms with Crippen LogP contribution in [0.5, 0.6) is 5.75 Å². The SMILES string of the molecule is CCCOS(=O)OOc1ccc(C(C)(C)C)cc1. The summed E-state index contributed by atoms with van der Waals surface area (Å²) in [7, 11) is 0. The smallest absolute Gasteiger partial charge is 0.321 e. The van der Waals surface area contributed by atoms with Gasteiger partial charge in [0.25, 0.3) is 0 Å². The third-order valence-corrected chi connectivity index (χ3v) is 2.83. The van der Waals surface area contributed by atoms with E-state index in [-0.39, 0.29) is 5.41 Å². The van der Waals surface area contributed by atoms with Gasteiger partial charge in [-0.25, -0.2) is 0 Å². The van der Waals surface area contributed by atoms with Crippen molar-refractivity contribution in [3.8, 4) is 5.75 Å². The van der Waals surface area contributed by atoms with Crippen LogP contribution >= 0.6 is 0 Å². The molecule has 0 N–H and O–H groups in total. The van der Waals surface area contributed by atoms with Crippen LogP contribution in [0.3, 0.4) is 0 Å². The van der Waals surface area contributed by atoms with E-state index in [0.717, 1.165) is 6.42 Å². The molecular formula is C13H20O4S. The predicted octanol–water partition coefficient (Wildman–Crippen LogP) is 3.30. The first-order valence-electron chi connectivity index (χ1n) is 5.94. The van der Waals surface area contributed by atoms with Crippen molar-refractivity contribution in [2.24, 2.45) is 0 Å². The lowest BCUT2D eigenvalue weighted by atomic mass is 9.87. The van der Waals surface area contributed by atoms with Gasteiger partial charge in [-0.2, -0.15) is 4.21 Å². The van der Waals surface area contributed by atoms with Crippen LogP contribution in [0, 0.1) is 0 Å². The average Bonchev–Trinajstić information content (AvgIpc) is 2.33. The van der Waals surface area contributed by atoms with Crippen LogP contribution in [0.1, 0.15) is 39.7 Å². The fraction of sp³-hybridized carbons (Fsp3) is 0.538. The van der Waals surface area contributed by atoms with Crippen molar-refractivity contribution in [2.45, 2.75) is 39.5 Å². The van der Waals surface area contributed by atoms with Gasteiger partial charge in [-0.15, -0.1) is 0 Å². The second-order valence-electron chi connectivity index (χ2n) is 4.95. The molecule has 0 aromatic heterocycles. The Bertz CT molecular complexity index is 381. The van der Waals surface area contributed by atoms with Gasteiger partial charge < -0.3 is 4.89 Å². The molecule has 1 rings (SSSR count). The zero-order valence-electron chi connectivity index (χ0n) is 11.3. The van der Waals surface area contributed by atoms with Crippen LogP contribution < -0.4 is 4.89 Å². The molecular weight excluding hydrogens is 252 g/mol. The van der Waals surface area contributed by atoms with E-state index in [1.807, 2.05) is 19.1 Å². The summed E-state index contributed by atoms with van der Waals surface area (Å²) < 4.78 is 20.6. The molecule has 0 spiro atoms. The van der Waals surface area contributed by atoms with Crippen molar-refractivity contribution in [2.75, 3.05) is 6.61 Å². The van der Waals surface area contributed by atoms with Crippen molar-refractivity contribution in [3.63, 3.8) is 0 Å². The highest BCUT2D eigenvalue weighted by Gasteiger charge is 2.13. The quantitative estimate of drug-likeness (QED) is 0.589. The molecule has 0 saturated heterocycles. The van der Waals surface area contributed by atoms with E-state index in [4.69, 9.17) is 9.07 Å². The molecule has 1 aromatic carbocycles. The maximum absolute atomic E-state index is 11.1. The molecule has 1 atom stereocenters. The van der Waals surface area contributed by atoms with E-state index in [9.17, 15) is 4.21 Å². The normalized spacial score (nSPS) is 13.3. The summed E-state index contributed by atoms with van der Waals surface area (Å²) in [5, 5.41) is 0. The van der Waals surface area contributed by atoms with Gasteiger partial charge in [0.15, 0.2) is 5.75 Å². The van der Waals surface area contributed by atoms with Crippen molar-refractivity contribution in [1.29, 1.82) is 0 Å². The molecule has 0 amide bonds. The first-order chi connectivity index (χ1) is 8.43. The van der Waals surface area contributed by atoms with E-state index in [0.29, 0.717) is 12.4 Å². The summed E-state index contributed by atoms with van der Waals surface area (Å²) in [5.41, 5.74) is 1.28. The van der Waals surface area contributed by atoms with Crippen molar-refractivity contribution < 1.29 is 17.6 Å². The maximum Gasteiger partial charge on any atom is 0.343 e. The van der Waals surface area contributed by atoms with E-state index >= 15 is 0 Å². The number of hydrogen-bond donors (Lipinski definition) is 0. The molecule has 0 saturated carbocycles. The first kappa shape index (κ1) is 15.1. The highest BCUT2D eigenvalue weighted by molar-refractivity contribution is 7.75. The van der Waals surface area contributed by atoms with Gasteiger partial charge in [0.1, 0.15) is 0 Å². The van der Waals surface area contributed by atoms with Crippen molar-refractivity contribution in [1.82, 2.24) is 0 Å². The van der Waals surface area contributed by atoms with Crippen LogP contribution in [-0.4, -0.2) is 10.8 Å². The molecule has 4 nitrogen and oxygen atoms in total. The third-order valence-electron chi connectivity index (χ3n) is 2.29. The molecule has 102 valence electrons. The first-order valence-corrected chi connectivity index (χ1v) is 6.94. The van der Waals surface area contributed by atoms with Gasteiger partial charge in [-0.3, -0.25) is 4.18 Å². The lowest BCUT2D eigenvalue weighted by molar-refractivity contribution is -0.0969. The van der Waals surface area contributed by atoms with Gasteiger partial charge >= 0.3 is 11.4 Å². The molecule has 0 aliphatic heterocycles. The molecule has 5 heteroatoms. The zero-order valence-corrected chi connectivity index (χ0v) is 12.1. The minimum atomic E-state index is -1.87. The van der Waals surface area contributed by atoms with Crippen LogP contribution in [0.2, 0.25) is 0 Å². The van der Waals surface area contributed by atoms with Crippen LogP contribution in [-0.2, 0) is 25.3 Å². The van der Waals surface area contributed by atoms with E-state index in [1.165, 1.54) is 5.56 Å². The third kappa shape index (κ3) is 5.16. The molecule has 1 aromatic rings. The maximum atomic E-state index is 11.1. The second-order valence-corrected chi connectivity index (χ2v) is 5.73. The molecule has 0 radical (unpaired) electrons. The number of rotatable bonds is 6. The standard InChI is InChI=1S/C13H20O4S/c1-5-10-15-18(14)17-16-12-8-6-11(7-9-12)13(2,3)4/h6-9H,5,10H2,1-4H3. The molecule has 0 aliphatic carbocycles. The van der Waals surface area contributed by atoms with E-state index in [1.54, 1.807) is 12.1 Å². The summed E-state index contributed by atoms with van der Waals surface area (Å²) in [6.07, 6.45) is 0.773. The minimum absolute atomic E-state index is 0.0897. The number of hydrogen-bond acceptors (Lipinski definition) is 4. The lowest BCUT2D eigenvalue weighted by Crippen LogP contribution is -2.11. The van der Waals surface area contributed by atoms with Crippen molar-refractivity contribution in [3.05, 3.63) is 29.8 Å². The molecule has 0 aliphatic rings. The predicted molar refractivity (Wildman–Crippen MR) is 71.2 cm³/mol. The van der Waals surface area contributed by atoms with Gasteiger partial charge in [-0.1, -0.05) is 44.2 Å². The Kier molecular flexibility index (Phi) is 5.78. The monoisotopic (exact) mass is 272 g/mol. The van der Waals surface area contributed by atoms with Gasteiger partial charge in [-0.05, 0) is 29.5 Å². The van der Waals surface area contributed by atoms with Crippen molar-refractivity contribution >= 4 is 11.4 Å². The number of benzene rings is 1. The molecule has 0 bridgehead atoms. The Hall–Kier alpha value is -0.910. The minimum Gasteiger partial charge on any atom is -0.321 e. The fourth-order valence-corrected chi connectivity index (χ4v) is 1.72. The fourth-order valence-electron chi connectivity index (χ4n) is 1.25. The van der Waals surface area contributed by atoms with Crippen LogP contribution in [0.25, 0.3) is 0 Å². The Morgan fingerprint density at radius 3 is 2.28 bits per heavy atom. The molecule has 0 fully saturated rings. The highest BCUT2D eigenvalue weighted by atomic mass is 32.2. The van der Waals surface area contributed by atoms with Gasteiger partial charge in [0.05, 0.1) is 6.61 Å². The zero-order chi connectivity index (χ0) is 13.6. The van der Waals surface area contributed by atoms with Gasteiger partial charge in [0.2, 0.25) is 0 Å². The summed E-state index contributed by atoms with van der Waals surface area (Å²) in [5.74, 6) is 0.497. The summed E-state index contributed by atoms with van der Waals surface area (Å²) in [6, 6.07) is 7.46. The van der Waals surface area contributed by atoms with E-state index in [2.05, 4.69) is 25.1 Å². The lowest BCUT2D eigenvalue weighted by Gasteiger charge is -2.18. The topological polar surface area (TPSA) is 44.8 Å². The Morgan fingerprint density at radius 2 is 1.78 bits per heavy atom. The Balaban J connectivity index is 2.47. The van der Waals surface area contributed by atoms with Crippen LogP contribution in [0.4, 0.5) is 0 Å². The second kappa shape index (κ2) is 6.87. The van der Waals surface area contributed by atoms with Gasteiger partial charge in [0, 0.05) is 0 Å². The summed E-state index contributed by atoms with van der Waals surface area (Å²) >= 11 is -1.87. The molecule has 0 heterocycles. The van der Waals surface area contributed by atoms with Crippen LogP contribution in [0.15, 0.2) is 24.3 Å². The summed E-state index contributed by atoms with van der Waals surface area (Å²) in [6.45, 7) is 8.69. The Morgan fingerprint density at radius 1 is 1.17 bits per heavy atom. The largest absolute Gasteiger partial charge is 0.343 e. The average molecular weight is 272 g/mol. The molecule has 18 heavy (non-hydrogen) atoms. The molecule has 1 unspecified atom stereocenters. The Labute approximate surface area is 111 Å². The van der Waals surface area contributed by atoms with E-state index < -0.39 is 11.4 Å².